The Morgan fingerprint density at radius 3 is 2.96 bits per heavy atom. The molecular weight excluding hydrogens is 302 g/mol. The highest BCUT2D eigenvalue weighted by atomic mass is 16.5. The summed E-state index contributed by atoms with van der Waals surface area (Å²) >= 11 is 0. The van der Waals surface area contributed by atoms with Crippen molar-refractivity contribution in [2.75, 3.05) is 32.9 Å². The fourth-order valence-corrected chi connectivity index (χ4v) is 4.97. The molecular formula is C20H31NO3. The van der Waals surface area contributed by atoms with Gasteiger partial charge in [-0.15, -0.1) is 0 Å². The molecule has 4 rings (SSSR count). The molecule has 0 spiro atoms. The lowest BCUT2D eigenvalue weighted by Crippen LogP contribution is -2.56. The Kier molecular flexibility index (Phi) is 5.25. The average molecular weight is 333 g/mol. The van der Waals surface area contributed by atoms with E-state index in [1.807, 2.05) is 6.26 Å². The first-order chi connectivity index (χ1) is 11.8. The summed E-state index contributed by atoms with van der Waals surface area (Å²) in [6.07, 6.45) is 13.1. The van der Waals surface area contributed by atoms with E-state index in [-0.39, 0.29) is 5.41 Å². The molecule has 2 unspecified atom stereocenters. The van der Waals surface area contributed by atoms with Gasteiger partial charge in [-0.25, -0.2) is 0 Å². The summed E-state index contributed by atoms with van der Waals surface area (Å²) < 4.78 is 17.7. The van der Waals surface area contributed by atoms with Crippen LogP contribution in [0.25, 0.3) is 0 Å². The summed E-state index contributed by atoms with van der Waals surface area (Å²) in [5, 5.41) is 0. The Balaban J connectivity index is 1.37. The van der Waals surface area contributed by atoms with E-state index in [0.717, 1.165) is 51.8 Å². The molecule has 3 fully saturated rings. The molecule has 4 nitrogen and oxygen atoms in total. The van der Waals surface area contributed by atoms with Crippen molar-refractivity contribution in [2.45, 2.75) is 57.6 Å². The molecule has 3 aliphatic rings. The molecule has 3 heterocycles. The lowest BCUT2D eigenvalue weighted by molar-refractivity contribution is -0.155. The van der Waals surface area contributed by atoms with E-state index in [0.29, 0.717) is 6.10 Å². The van der Waals surface area contributed by atoms with Crippen molar-refractivity contribution < 1.29 is 13.9 Å². The van der Waals surface area contributed by atoms with Crippen LogP contribution >= 0.6 is 0 Å². The second-order valence-corrected chi connectivity index (χ2v) is 8.12. The normalized spacial score (nSPS) is 32.1. The summed E-state index contributed by atoms with van der Waals surface area (Å²) in [4.78, 5) is 2.56. The molecule has 1 aromatic heterocycles. The van der Waals surface area contributed by atoms with E-state index < -0.39 is 0 Å². The van der Waals surface area contributed by atoms with Gasteiger partial charge in [-0.1, -0.05) is 12.8 Å². The molecule has 0 radical (unpaired) electrons. The third-order valence-corrected chi connectivity index (χ3v) is 6.27. The topological polar surface area (TPSA) is 34.8 Å². The maximum atomic E-state index is 6.28. The predicted molar refractivity (Wildman–Crippen MR) is 92.8 cm³/mol. The minimum absolute atomic E-state index is 0.193. The van der Waals surface area contributed by atoms with Crippen LogP contribution in [0.4, 0.5) is 0 Å². The highest BCUT2D eigenvalue weighted by Crippen LogP contribution is 2.41. The van der Waals surface area contributed by atoms with Gasteiger partial charge >= 0.3 is 0 Å². The maximum Gasteiger partial charge on any atom is 0.0947 e. The van der Waals surface area contributed by atoms with Gasteiger partial charge in [0, 0.05) is 43.8 Å². The van der Waals surface area contributed by atoms with Crippen LogP contribution in [0.3, 0.4) is 0 Å². The molecule has 1 saturated carbocycles. The summed E-state index contributed by atoms with van der Waals surface area (Å²) in [6.45, 7) is 5.93. The summed E-state index contributed by atoms with van der Waals surface area (Å²) in [7, 11) is 0. The summed E-state index contributed by atoms with van der Waals surface area (Å²) in [5.74, 6) is 0.801. The number of likely N-dealkylation sites (tertiary alicyclic amines) is 1. The molecule has 0 amide bonds. The van der Waals surface area contributed by atoms with Gasteiger partial charge in [-0.05, 0) is 44.1 Å². The van der Waals surface area contributed by atoms with Gasteiger partial charge < -0.3 is 13.9 Å². The third-order valence-electron chi connectivity index (χ3n) is 6.27. The summed E-state index contributed by atoms with van der Waals surface area (Å²) in [5.41, 5.74) is 1.46. The number of rotatable bonds is 6. The molecule has 2 atom stereocenters. The van der Waals surface area contributed by atoms with E-state index >= 15 is 0 Å². The highest BCUT2D eigenvalue weighted by molar-refractivity contribution is 5.06. The lowest BCUT2D eigenvalue weighted by Gasteiger charge is -2.50. The molecule has 1 aliphatic carbocycles. The zero-order valence-corrected chi connectivity index (χ0v) is 14.8. The van der Waals surface area contributed by atoms with E-state index in [1.54, 1.807) is 6.26 Å². The van der Waals surface area contributed by atoms with E-state index in [1.165, 1.54) is 44.1 Å². The largest absolute Gasteiger partial charge is 0.472 e. The van der Waals surface area contributed by atoms with Gasteiger partial charge in [0.1, 0.15) is 0 Å². The number of ether oxygens (including phenoxy) is 2. The Bertz CT molecular complexity index is 497. The first kappa shape index (κ1) is 16.6. The smallest absolute Gasteiger partial charge is 0.0947 e. The standard InChI is InChI=1S/C20H31NO3/c1-2-5-17(4-1)13-23-16-20-8-3-10-24-19(20)6-9-21(15-20)12-18-7-11-22-14-18/h7,11,14,17,19H,1-6,8-10,12-13,15-16H2. The highest BCUT2D eigenvalue weighted by Gasteiger charge is 2.46. The van der Waals surface area contributed by atoms with Crippen molar-refractivity contribution in [3.63, 3.8) is 0 Å². The number of piperidine rings is 1. The van der Waals surface area contributed by atoms with E-state index in [4.69, 9.17) is 13.9 Å². The quantitative estimate of drug-likeness (QED) is 0.792. The SMILES string of the molecule is c1cc(CN2CCC3OCCCC3(COCC3CCCC3)C2)co1. The minimum Gasteiger partial charge on any atom is -0.472 e. The maximum absolute atomic E-state index is 6.28. The summed E-state index contributed by atoms with van der Waals surface area (Å²) in [6, 6.07) is 2.08. The fourth-order valence-electron chi connectivity index (χ4n) is 4.97. The van der Waals surface area contributed by atoms with Crippen LogP contribution in [0.2, 0.25) is 0 Å². The predicted octanol–water partition coefficient (Wildman–Crippen LogP) is 3.86. The van der Waals surface area contributed by atoms with Crippen molar-refractivity contribution in [1.82, 2.24) is 4.90 Å². The van der Waals surface area contributed by atoms with Crippen LogP contribution in [-0.2, 0) is 16.0 Å². The van der Waals surface area contributed by atoms with Crippen molar-refractivity contribution >= 4 is 0 Å². The van der Waals surface area contributed by atoms with Crippen molar-refractivity contribution in [2.24, 2.45) is 11.3 Å². The molecule has 1 aromatic rings. The Labute approximate surface area is 145 Å². The molecule has 24 heavy (non-hydrogen) atoms. The minimum atomic E-state index is 0.193. The monoisotopic (exact) mass is 333 g/mol. The number of hydrogen-bond donors (Lipinski definition) is 0. The molecule has 2 saturated heterocycles. The van der Waals surface area contributed by atoms with Gasteiger partial charge in [0.25, 0.3) is 0 Å². The second-order valence-electron chi connectivity index (χ2n) is 8.12. The zero-order chi connectivity index (χ0) is 16.2. The Hall–Kier alpha value is -0.840. The van der Waals surface area contributed by atoms with Crippen LogP contribution < -0.4 is 0 Å². The van der Waals surface area contributed by atoms with Gasteiger partial charge in [0.15, 0.2) is 0 Å². The van der Waals surface area contributed by atoms with E-state index in [2.05, 4.69) is 11.0 Å². The molecule has 0 bridgehead atoms. The van der Waals surface area contributed by atoms with Crippen molar-refractivity contribution in [3.8, 4) is 0 Å². The van der Waals surface area contributed by atoms with Crippen LogP contribution in [0.15, 0.2) is 23.0 Å². The zero-order valence-electron chi connectivity index (χ0n) is 14.8. The van der Waals surface area contributed by atoms with Crippen LogP contribution in [-0.4, -0.2) is 43.9 Å². The van der Waals surface area contributed by atoms with Gasteiger partial charge in [0.05, 0.1) is 25.2 Å². The molecule has 4 heteroatoms. The van der Waals surface area contributed by atoms with Gasteiger partial charge in [-0.2, -0.15) is 0 Å². The number of fused-ring (bicyclic) bond motifs is 1. The third kappa shape index (κ3) is 3.71. The molecule has 2 aliphatic heterocycles. The molecule has 0 N–H and O–H groups in total. The number of hydrogen-bond acceptors (Lipinski definition) is 4. The molecule has 0 aromatic carbocycles. The van der Waals surface area contributed by atoms with Gasteiger partial charge in [0.2, 0.25) is 0 Å². The van der Waals surface area contributed by atoms with Crippen LogP contribution in [0.1, 0.15) is 50.5 Å². The first-order valence-electron chi connectivity index (χ1n) is 9.77. The van der Waals surface area contributed by atoms with Gasteiger partial charge in [-0.3, -0.25) is 4.90 Å². The van der Waals surface area contributed by atoms with Crippen LogP contribution in [0.5, 0.6) is 0 Å². The Morgan fingerprint density at radius 1 is 1.21 bits per heavy atom. The Morgan fingerprint density at radius 2 is 2.12 bits per heavy atom. The molecule has 134 valence electrons. The number of nitrogens with zero attached hydrogens (tertiary/aromatic N) is 1. The van der Waals surface area contributed by atoms with E-state index in [9.17, 15) is 0 Å². The van der Waals surface area contributed by atoms with Crippen molar-refractivity contribution in [3.05, 3.63) is 24.2 Å². The average Bonchev–Trinajstić information content (AvgIpc) is 3.28. The van der Waals surface area contributed by atoms with Crippen molar-refractivity contribution in [1.29, 1.82) is 0 Å². The lowest BCUT2D eigenvalue weighted by atomic mass is 9.73. The fraction of sp³-hybridized carbons (Fsp3) is 0.800. The van der Waals surface area contributed by atoms with Crippen LogP contribution in [0, 0.1) is 11.3 Å². The second kappa shape index (κ2) is 7.59. The number of furan rings is 1. The first-order valence-corrected chi connectivity index (χ1v) is 9.77.